The second-order valence-electron chi connectivity index (χ2n) is 4.78. The summed E-state index contributed by atoms with van der Waals surface area (Å²) in [5, 5.41) is 0. The number of H-pyrrole nitrogens is 1. The topological polar surface area (TPSA) is 47.1 Å². The highest BCUT2D eigenvalue weighted by atomic mass is 32.1. The summed E-state index contributed by atoms with van der Waals surface area (Å²) in [6.07, 6.45) is 4.17. The molecule has 0 amide bonds. The number of aromatic amines is 1. The van der Waals surface area contributed by atoms with Crippen molar-refractivity contribution in [3.8, 4) is 0 Å². The van der Waals surface area contributed by atoms with Gasteiger partial charge in [0.2, 0.25) is 0 Å². The summed E-state index contributed by atoms with van der Waals surface area (Å²) in [7, 11) is 1.68. The number of methoxy groups -OCH3 is 1. The van der Waals surface area contributed by atoms with Crippen molar-refractivity contribution >= 4 is 12.2 Å². The fraction of sp³-hybridized carbons (Fsp3) is 0.667. The molecule has 3 rings (SSSR count). The van der Waals surface area contributed by atoms with E-state index in [1.165, 1.54) is 6.42 Å². The molecule has 2 saturated heterocycles. The van der Waals surface area contributed by atoms with Crippen molar-refractivity contribution in [1.29, 1.82) is 0 Å². The number of nitrogens with one attached hydrogen (secondary N) is 1. The normalized spacial score (nSPS) is 31.0. The second kappa shape index (κ2) is 4.48. The molecule has 0 radical (unpaired) electrons. The summed E-state index contributed by atoms with van der Waals surface area (Å²) in [4.78, 5) is 7.77. The molecular weight excluding hydrogens is 236 g/mol. The zero-order chi connectivity index (χ0) is 11.8. The molecule has 2 aliphatic rings. The molecule has 3 heterocycles. The molecule has 92 valence electrons. The maximum atomic E-state index is 5.85. The molecule has 17 heavy (non-hydrogen) atoms. The lowest BCUT2D eigenvalue weighted by molar-refractivity contribution is 0.0997. The predicted molar refractivity (Wildman–Crippen MR) is 65.4 cm³/mol. The van der Waals surface area contributed by atoms with E-state index in [0.29, 0.717) is 29.4 Å². The van der Waals surface area contributed by atoms with Crippen LogP contribution < -0.4 is 0 Å². The van der Waals surface area contributed by atoms with Gasteiger partial charge in [0.15, 0.2) is 0 Å². The van der Waals surface area contributed by atoms with Crippen LogP contribution in [0.1, 0.15) is 36.7 Å². The van der Waals surface area contributed by atoms with Gasteiger partial charge in [0, 0.05) is 18.7 Å². The molecule has 1 aromatic rings. The van der Waals surface area contributed by atoms with Crippen LogP contribution in [0.25, 0.3) is 0 Å². The van der Waals surface area contributed by atoms with Crippen LogP contribution in [0.3, 0.4) is 0 Å². The van der Waals surface area contributed by atoms with Gasteiger partial charge in [-0.2, -0.15) is 0 Å². The molecule has 2 aliphatic heterocycles. The summed E-state index contributed by atoms with van der Waals surface area (Å²) in [6, 6.07) is 1.86. The van der Waals surface area contributed by atoms with Crippen molar-refractivity contribution in [2.24, 2.45) is 0 Å². The summed E-state index contributed by atoms with van der Waals surface area (Å²) < 4.78 is 11.6. The zero-order valence-electron chi connectivity index (χ0n) is 9.81. The largest absolute Gasteiger partial charge is 0.378 e. The van der Waals surface area contributed by atoms with Crippen LogP contribution in [0.4, 0.5) is 0 Å². The van der Waals surface area contributed by atoms with Gasteiger partial charge in [-0.05, 0) is 25.3 Å². The standard InChI is InChI=1S/C12H16N2O2S/c1-15-6-7-4-11(17)14-12(13-7)9-5-8-2-3-10(9)16-8/h4,8-10H,2-3,5-6H2,1H3,(H,13,14,17). The molecule has 0 spiro atoms. The summed E-state index contributed by atoms with van der Waals surface area (Å²) in [5.41, 5.74) is 0.991. The van der Waals surface area contributed by atoms with E-state index in [1.807, 2.05) is 6.07 Å². The Labute approximate surface area is 105 Å². The van der Waals surface area contributed by atoms with Crippen molar-refractivity contribution in [1.82, 2.24) is 9.97 Å². The minimum atomic E-state index is 0.330. The highest BCUT2D eigenvalue weighted by Gasteiger charge is 2.42. The number of aromatic nitrogens is 2. The Bertz CT molecular complexity index is 474. The molecule has 5 heteroatoms. The van der Waals surface area contributed by atoms with Crippen LogP contribution >= 0.6 is 12.2 Å². The van der Waals surface area contributed by atoms with Crippen molar-refractivity contribution in [2.45, 2.75) is 44.0 Å². The Morgan fingerprint density at radius 1 is 1.59 bits per heavy atom. The van der Waals surface area contributed by atoms with Gasteiger partial charge in [-0.25, -0.2) is 4.98 Å². The zero-order valence-corrected chi connectivity index (χ0v) is 10.6. The number of ether oxygens (including phenoxy) is 2. The number of hydrogen-bond donors (Lipinski definition) is 1. The van der Waals surface area contributed by atoms with E-state index in [9.17, 15) is 0 Å². The van der Waals surface area contributed by atoms with Gasteiger partial charge in [-0.15, -0.1) is 0 Å². The van der Waals surface area contributed by atoms with E-state index in [1.54, 1.807) is 7.11 Å². The lowest BCUT2D eigenvalue weighted by atomic mass is 9.88. The first kappa shape index (κ1) is 11.3. The Morgan fingerprint density at radius 2 is 2.47 bits per heavy atom. The molecular formula is C12H16N2O2S. The third-order valence-electron chi connectivity index (χ3n) is 3.57. The Morgan fingerprint density at radius 3 is 3.12 bits per heavy atom. The van der Waals surface area contributed by atoms with Gasteiger partial charge in [0.05, 0.1) is 18.8 Å². The molecule has 0 saturated carbocycles. The Balaban J connectivity index is 1.89. The predicted octanol–water partition coefficient (Wildman–Crippen LogP) is 2.32. The first-order valence-corrected chi connectivity index (χ1v) is 6.41. The van der Waals surface area contributed by atoms with Crippen molar-refractivity contribution in [3.63, 3.8) is 0 Å². The van der Waals surface area contributed by atoms with Gasteiger partial charge < -0.3 is 14.5 Å². The summed E-state index contributed by atoms with van der Waals surface area (Å²) in [6.45, 7) is 0.542. The Hall–Kier alpha value is -0.780. The summed E-state index contributed by atoms with van der Waals surface area (Å²) in [5.74, 6) is 1.35. The smallest absolute Gasteiger partial charge is 0.130 e. The number of nitrogens with zero attached hydrogens (tertiary/aromatic N) is 1. The SMILES string of the molecule is COCc1cc(=S)nc(C2CC3CCC2O3)[nH]1. The molecule has 1 aromatic heterocycles. The first-order chi connectivity index (χ1) is 8.26. The highest BCUT2D eigenvalue weighted by molar-refractivity contribution is 7.71. The van der Waals surface area contributed by atoms with E-state index in [-0.39, 0.29) is 0 Å². The van der Waals surface area contributed by atoms with Crippen LogP contribution in [0.2, 0.25) is 0 Å². The lowest BCUT2D eigenvalue weighted by Gasteiger charge is -2.18. The highest BCUT2D eigenvalue weighted by Crippen LogP contribution is 2.43. The molecule has 3 atom stereocenters. The van der Waals surface area contributed by atoms with E-state index in [2.05, 4.69) is 9.97 Å². The molecule has 3 unspecified atom stereocenters. The Kier molecular flexibility index (Phi) is 2.98. The fourth-order valence-electron chi connectivity index (χ4n) is 2.86. The fourth-order valence-corrected chi connectivity index (χ4v) is 3.10. The van der Waals surface area contributed by atoms with Gasteiger partial charge in [-0.1, -0.05) is 12.2 Å². The third kappa shape index (κ3) is 2.14. The van der Waals surface area contributed by atoms with Crippen LogP contribution in [-0.2, 0) is 16.1 Å². The van der Waals surface area contributed by atoms with Crippen molar-refractivity contribution < 1.29 is 9.47 Å². The van der Waals surface area contributed by atoms with Crippen LogP contribution in [-0.4, -0.2) is 29.3 Å². The molecule has 4 nitrogen and oxygen atoms in total. The maximum absolute atomic E-state index is 5.85. The van der Waals surface area contributed by atoms with Crippen LogP contribution in [0, 0.1) is 4.64 Å². The number of hydrogen-bond acceptors (Lipinski definition) is 4. The van der Waals surface area contributed by atoms with E-state index < -0.39 is 0 Å². The molecule has 0 aliphatic carbocycles. The van der Waals surface area contributed by atoms with Gasteiger partial charge in [-0.3, -0.25) is 0 Å². The van der Waals surface area contributed by atoms with Gasteiger partial charge in [0.1, 0.15) is 10.5 Å². The molecule has 2 fully saturated rings. The number of fused-ring (bicyclic) bond motifs is 2. The maximum Gasteiger partial charge on any atom is 0.130 e. The van der Waals surface area contributed by atoms with Crippen molar-refractivity contribution in [3.05, 3.63) is 22.2 Å². The lowest BCUT2D eigenvalue weighted by Crippen LogP contribution is -2.18. The molecule has 1 N–H and O–H groups in total. The average molecular weight is 252 g/mol. The van der Waals surface area contributed by atoms with Gasteiger partial charge in [0.25, 0.3) is 0 Å². The second-order valence-corrected chi connectivity index (χ2v) is 5.20. The van der Waals surface area contributed by atoms with Crippen LogP contribution in [0.15, 0.2) is 6.07 Å². The third-order valence-corrected chi connectivity index (χ3v) is 3.78. The average Bonchev–Trinajstić information content (AvgIpc) is 2.90. The van der Waals surface area contributed by atoms with Gasteiger partial charge >= 0.3 is 0 Å². The monoisotopic (exact) mass is 252 g/mol. The van der Waals surface area contributed by atoms with E-state index >= 15 is 0 Å². The summed E-state index contributed by atoms with van der Waals surface area (Å²) >= 11 is 5.20. The van der Waals surface area contributed by atoms with Crippen LogP contribution in [0.5, 0.6) is 0 Å². The van der Waals surface area contributed by atoms with E-state index in [0.717, 1.165) is 24.4 Å². The first-order valence-electron chi connectivity index (χ1n) is 6.01. The van der Waals surface area contributed by atoms with Crippen molar-refractivity contribution in [2.75, 3.05) is 7.11 Å². The minimum Gasteiger partial charge on any atom is -0.378 e. The number of rotatable bonds is 3. The molecule has 2 bridgehead atoms. The van der Waals surface area contributed by atoms with E-state index in [4.69, 9.17) is 21.7 Å². The minimum absolute atomic E-state index is 0.330. The quantitative estimate of drug-likeness (QED) is 0.839. The molecule has 0 aromatic carbocycles.